The number of amides is 1. The predicted octanol–water partition coefficient (Wildman–Crippen LogP) is 2.61. The van der Waals surface area contributed by atoms with Gasteiger partial charge in [-0.3, -0.25) is 14.9 Å². The number of nitro groups is 1. The third kappa shape index (κ3) is 3.92. The first-order valence-corrected chi connectivity index (χ1v) is 7.93. The zero-order valence-electron chi connectivity index (χ0n) is 11.8. The molecule has 8 nitrogen and oxygen atoms in total. The molecule has 0 fully saturated rings. The zero-order chi connectivity index (χ0) is 16.1. The van der Waals surface area contributed by atoms with Crippen LogP contribution in [0.5, 0.6) is 0 Å². The van der Waals surface area contributed by atoms with Crippen LogP contribution in [0.2, 0.25) is 0 Å². The molecule has 1 amide bonds. The molecule has 0 saturated carbocycles. The highest BCUT2D eigenvalue weighted by atomic mass is 32.2. The second-order valence-electron chi connectivity index (χ2n) is 4.15. The Kier molecular flexibility index (Phi) is 5.28. The molecule has 0 spiro atoms. The molecule has 1 heterocycles. The van der Waals surface area contributed by atoms with Crippen LogP contribution in [0.3, 0.4) is 0 Å². The Morgan fingerprint density at radius 1 is 1.41 bits per heavy atom. The van der Waals surface area contributed by atoms with Crippen molar-refractivity contribution in [2.75, 3.05) is 17.7 Å². The zero-order valence-corrected chi connectivity index (χ0v) is 13.4. The molecule has 0 aliphatic carbocycles. The summed E-state index contributed by atoms with van der Waals surface area (Å²) < 4.78 is 0.648. The lowest BCUT2D eigenvalue weighted by atomic mass is 10.2. The molecule has 2 N–H and O–H groups in total. The highest BCUT2D eigenvalue weighted by Crippen LogP contribution is 2.30. The van der Waals surface area contributed by atoms with E-state index in [2.05, 4.69) is 20.8 Å². The van der Waals surface area contributed by atoms with E-state index in [1.165, 1.54) is 35.2 Å². The highest BCUT2D eigenvalue weighted by molar-refractivity contribution is 8.02. The van der Waals surface area contributed by atoms with Crippen LogP contribution in [0, 0.1) is 10.1 Å². The number of rotatable bonds is 6. The average Bonchev–Trinajstić information content (AvgIpc) is 2.95. The fourth-order valence-electron chi connectivity index (χ4n) is 1.54. The van der Waals surface area contributed by atoms with E-state index in [0.29, 0.717) is 9.47 Å². The topological polar surface area (TPSA) is 110 Å². The van der Waals surface area contributed by atoms with Crippen molar-refractivity contribution in [1.29, 1.82) is 0 Å². The van der Waals surface area contributed by atoms with Crippen molar-refractivity contribution in [3.63, 3.8) is 0 Å². The molecule has 22 heavy (non-hydrogen) atoms. The first-order chi connectivity index (χ1) is 10.5. The van der Waals surface area contributed by atoms with E-state index in [-0.39, 0.29) is 17.3 Å². The Morgan fingerprint density at radius 2 is 2.14 bits per heavy atom. The Balaban J connectivity index is 2.04. The third-order valence-electron chi connectivity index (χ3n) is 2.63. The minimum Gasteiger partial charge on any atom is -0.363 e. The normalized spacial score (nSPS) is 11.7. The maximum atomic E-state index is 12.2. The van der Waals surface area contributed by atoms with E-state index in [9.17, 15) is 14.9 Å². The Hall–Kier alpha value is -2.20. The maximum absolute atomic E-state index is 12.2. The number of nitro benzene ring substituents is 1. The van der Waals surface area contributed by atoms with Gasteiger partial charge in [-0.25, -0.2) is 0 Å². The van der Waals surface area contributed by atoms with Crippen LogP contribution in [0.25, 0.3) is 0 Å². The molecule has 0 aliphatic heterocycles. The molecule has 0 bridgehead atoms. The summed E-state index contributed by atoms with van der Waals surface area (Å²) in [5, 5.41) is 24.4. The number of nitrogens with zero attached hydrogens (tertiary/aromatic N) is 3. The third-order valence-corrected chi connectivity index (χ3v) is 4.75. The van der Waals surface area contributed by atoms with Crippen molar-refractivity contribution < 1.29 is 9.72 Å². The molecule has 0 unspecified atom stereocenters. The molecule has 1 atom stereocenters. The first kappa shape index (κ1) is 16.2. The van der Waals surface area contributed by atoms with Crippen LogP contribution in [0.4, 0.5) is 16.5 Å². The van der Waals surface area contributed by atoms with E-state index in [0.717, 1.165) is 0 Å². The van der Waals surface area contributed by atoms with Crippen LogP contribution in [-0.2, 0) is 4.79 Å². The summed E-state index contributed by atoms with van der Waals surface area (Å²) in [6, 6.07) is 6.02. The Labute approximate surface area is 134 Å². The number of para-hydroxylation sites is 2. The van der Waals surface area contributed by atoms with Gasteiger partial charge in [-0.05, 0) is 13.0 Å². The molecule has 0 radical (unpaired) electrons. The first-order valence-electron chi connectivity index (χ1n) is 6.23. The van der Waals surface area contributed by atoms with Crippen LogP contribution in [-0.4, -0.2) is 33.3 Å². The molecular weight excluding hydrogens is 326 g/mol. The van der Waals surface area contributed by atoms with Gasteiger partial charge in [0.05, 0.1) is 10.2 Å². The van der Waals surface area contributed by atoms with E-state index >= 15 is 0 Å². The summed E-state index contributed by atoms with van der Waals surface area (Å²) in [7, 11) is 1.74. The number of nitrogens with one attached hydrogen (secondary N) is 2. The number of thioether (sulfide) groups is 1. The number of carbonyl (C=O) groups excluding carboxylic acids is 1. The van der Waals surface area contributed by atoms with Crippen LogP contribution in [0.15, 0.2) is 28.6 Å². The molecule has 10 heteroatoms. The summed E-state index contributed by atoms with van der Waals surface area (Å²) in [4.78, 5) is 22.5. The van der Waals surface area contributed by atoms with Gasteiger partial charge in [0, 0.05) is 13.1 Å². The van der Waals surface area contributed by atoms with Crippen molar-refractivity contribution in [2.45, 2.75) is 16.5 Å². The van der Waals surface area contributed by atoms with Gasteiger partial charge < -0.3 is 10.6 Å². The van der Waals surface area contributed by atoms with Gasteiger partial charge >= 0.3 is 0 Å². The molecular formula is C12H13N5O3S2. The Bertz CT molecular complexity index is 691. The SMILES string of the molecule is CNc1nnc(S[C@H](C)C(=O)Nc2ccccc2[N+](=O)[O-])s1. The maximum Gasteiger partial charge on any atom is 0.292 e. The van der Waals surface area contributed by atoms with Gasteiger partial charge in [-0.15, -0.1) is 10.2 Å². The van der Waals surface area contributed by atoms with E-state index in [1.807, 2.05) is 0 Å². The van der Waals surface area contributed by atoms with Crippen LogP contribution < -0.4 is 10.6 Å². The number of carbonyl (C=O) groups is 1. The summed E-state index contributed by atoms with van der Waals surface area (Å²) >= 11 is 2.58. The Morgan fingerprint density at radius 3 is 2.77 bits per heavy atom. The lowest BCUT2D eigenvalue weighted by Crippen LogP contribution is -2.22. The smallest absolute Gasteiger partial charge is 0.292 e. The van der Waals surface area contributed by atoms with Gasteiger partial charge in [0.2, 0.25) is 11.0 Å². The molecule has 0 aliphatic rings. The monoisotopic (exact) mass is 339 g/mol. The number of hydrogen-bond acceptors (Lipinski definition) is 8. The molecule has 2 aromatic rings. The molecule has 1 aromatic carbocycles. The van der Waals surface area contributed by atoms with Gasteiger partial charge in [0.15, 0.2) is 4.34 Å². The number of anilines is 2. The second-order valence-corrected chi connectivity index (χ2v) is 6.71. The standard InChI is InChI=1S/C12H13N5O3S2/c1-7(21-12-16-15-11(13-2)22-12)10(18)14-8-5-3-4-6-9(8)17(19)20/h3-7H,1-2H3,(H,13,15)(H,14,18)/t7-/m1/s1. The molecule has 116 valence electrons. The number of aromatic nitrogens is 2. The van der Waals surface area contributed by atoms with Gasteiger partial charge in [0.1, 0.15) is 5.69 Å². The van der Waals surface area contributed by atoms with Crippen molar-refractivity contribution in [1.82, 2.24) is 10.2 Å². The highest BCUT2D eigenvalue weighted by Gasteiger charge is 2.20. The molecule has 2 rings (SSSR count). The van der Waals surface area contributed by atoms with Crippen molar-refractivity contribution in [3.05, 3.63) is 34.4 Å². The summed E-state index contributed by atoms with van der Waals surface area (Å²) in [6.45, 7) is 1.70. The molecule has 0 saturated heterocycles. The quantitative estimate of drug-likeness (QED) is 0.473. The van der Waals surface area contributed by atoms with Crippen LogP contribution in [0.1, 0.15) is 6.92 Å². The van der Waals surface area contributed by atoms with E-state index < -0.39 is 10.2 Å². The number of hydrogen-bond donors (Lipinski definition) is 2. The lowest BCUT2D eigenvalue weighted by Gasteiger charge is -2.10. The van der Waals surface area contributed by atoms with Gasteiger partial charge in [0.25, 0.3) is 5.69 Å². The van der Waals surface area contributed by atoms with Crippen molar-refractivity contribution in [3.8, 4) is 0 Å². The summed E-state index contributed by atoms with van der Waals surface area (Å²) in [5.41, 5.74) is 0.0413. The van der Waals surface area contributed by atoms with Crippen LogP contribution >= 0.6 is 23.1 Å². The van der Waals surface area contributed by atoms with Gasteiger partial charge in [-0.1, -0.05) is 35.2 Å². The minimum atomic E-state index is -0.530. The summed E-state index contributed by atoms with van der Waals surface area (Å²) in [6.07, 6.45) is 0. The van der Waals surface area contributed by atoms with Crippen molar-refractivity contribution in [2.24, 2.45) is 0 Å². The largest absolute Gasteiger partial charge is 0.363 e. The van der Waals surface area contributed by atoms with Crippen molar-refractivity contribution >= 4 is 45.5 Å². The molecule has 1 aromatic heterocycles. The fraction of sp³-hybridized carbons (Fsp3) is 0.250. The lowest BCUT2D eigenvalue weighted by molar-refractivity contribution is -0.383. The fourth-order valence-corrected chi connectivity index (χ4v) is 3.39. The average molecular weight is 339 g/mol. The minimum absolute atomic E-state index is 0.138. The van der Waals surface area contributed by atoms with E-state index in [1.54, 1.807) is 26.1 Å². The van der Waals surface area contributed by atoms with E-state index in [4.69, 9.17) is 0 Å². The predicted molar refractivity (Wildman–Crippen MR) is 86.5 cm³/mol. The summed E-state index contributed by atoms with van der Waals surface area (Å²) in [5.74, 6) is -0.333. The van der Waals surface area contributed by atoms with Gasteiger partial charge in [-0.2, -0.15) is 0 Å². The number of benzene rings is 1. The second kappa shape index (κ2) is 7.18.